The van der Waals surface area contributed by atoms with Gasteiger partial charge in [0.15, 0.2) is 0 Å². The van der Waals surface area contributed by atoms with Crippen molar-refractivity contribution >= 4 is 30.0 Å². The average molecular weight is 325 g/mol. The maximum Gasteiger partial charge on any atom is 0.323 e. The quantitative estimate of drug-likeness (QED) is 0.360. The third-order valence-corrected chi connectivity index (χ3v) is 3.97. The molecular weight excluding hydrogens is 308 g/mol. The Morgan fingerprint density at radius 2 is 1.83 bits per heavy atom. The van der Waals surface area contributed by atoms with Crippen LogP contribution >= 0.6 is 15.9 Å². The number of carbonyl (C=O) groups excluding carboxylic acids is 1. The zero-order valence-corrected chi connectivity index (χ0v) is 13.7. The van der Waals surface area contributed by atoms with Gasteiger partial charge in [0.1, 0.15) is 12.9 Å². The first-order valence-electron chi connectivity index (χ1n) is 5.68. The topological polar surface area (TPSA) is 26.3 Å². The number of alkyl halides is 1. The second kappa shape index (κ2) is 6.21. The van der Waals surface area contributed by atoms with E-state index in [9.17, 15) is 4.79 Å². The number of rotatable bonds is 2. The van der Waals surface area contributed by atoms with Gasteiger partial charge < -0.3 is 4.74 Å². The van der Waals surface area contributed by atoms with Gasteiger partial charge in [-0.1, -0.05) is 53.6 Å². The number of esters is 1. The number of halogens is 1. The molecule has 0 saturated carbocycles. The van der Waals surface area contributed by atoms with Gasteiger partial charge in [0, 0.05) is 5.56 Å². The molecule has 0 bridgehead atoms. The van der Waals surface area contributed by atoms with Crippen LogP contribution in [0.15, 0.2) is 24.3 Å². The zero-order valence-electron chi connectivity index (χ0n) is 11.1. The van der Waals surface area contributed by atoms with Crippen LogP contribution in [0.5, 0.6) is 0 Å². The summed E-state index contributed by atoms with van der Waals surface area (Å²) in [4.78, 5) is 10.9. The van der Waals surface area contributed by atoms with Crippen LogP contribution in [-0.4, -0.2) is 21.2 Å². The molecule has 1 atom stereocenters. The van der Waals surface area contributed by atoms with Gasteiger partial charge in [0.25, 0.3) is 0 Å². The number of hydrogen-bond acceptors (Lipinski definition) is 2. The van der Waals surface area contributed by atoms with E-state index in [2.05, 4.69) is 51.8 Å². The molecule has 18 heavy (non-hydrogen) atoms. The summed E-state index contributed by atoms with van der Waals surface area (Å²) in [5.41, 5.74) is 5.16. The van der Waals surface area contributed by atoms with Crippen molar-refractivity contribution in [1.29, 1.82) is 0 Å². The first-order valence-corrected chi connectivity index (χ1v) is 10.1. The van der Waals surface area contributed by atoms with Crippen molar-refractivity contribution in [1.82, 2.24) is 0 Å². The fourth-order valence-corrected chi connectivity index (χ4v) is 2.25. The van der Waals surface area contributed by atoms with Crippen molar-refractivity contribution in [3.8, 4) is 11.5 Å². The van der Waals surface area contributed by atoms with Crippen LogP contribution in [-0.2, 0) is 9.53 Å². The Kier molecular flexibility index (Phi) is 5.18. The number of ether oxygens (including phenoxy) is 1. The van der Waals surface area contributed by atoms with Gasteiger partial charge in [-0.25, -0.2) is 0 Å². The highest BCUT2D eigenvalue weighted by atomic mass is 79.9. The minimum Gasteiger partial charge on any atom is -0.468 e. The zero-order chi connectivity index (χ0) is 13.8. The summed E-state index contributed by atoms with van der Waals surface area (Å²) in [6.07, 6.45) is 0. The second-order valence-corrected chi connectivity index (χ2v) is 10.7. The van der Waals surface area contributed by atoms with Crippen molar-refractivity contribution in [3.05, 3.63) is 35.4 Å². The van der Waals surface area contributed by atoms with E-state index in [0.717, 1.165) is 11.1 Å². The Labute approximate surface area is 118 Å². The van der Waals surface area contributed by atoms with E-state index < -0.39 is 12.9 Å². The summed E-state index contributed by atoms with van der Waals surface area (Å²) in [6, 6.07) is 7.65. The molecule has 2 nitrogen and oxygen atoms in total. The van der Waals surface area contributed by atoms with Crippen LogP contribution in [0.4, 0.5) is 0 Å². The van der Waals surface area contributed by atoms with E-state index in [-0.39, 0.29) is 5.97 Å². The molecule has 96 valence electrons. The molecule has 1 aromatic carbocycles. The predicted octanol–water partition coefficient (Wildman–Crippen LogP) is 3.52. The highest BCUT2D eigenvalue weighted by Gasteiger charge is 2.17. The van der Waals surface area contributed by atoms with Gasteiger partial charge in [-0.3, -0.25) is 4.79 Å². The van der Waals surface area contributed by atoms with Crippen molar-refractivity contribution in [2.75, 3.05) is 7.11 Å². The minimum absolute atomic E-state index is 0.295. The molecule has 0 heterocycles. The molecule has 0 aliphatic carbocycles. The summed E-state index contributed by atoms with van der Waals surface area (Å²) in [7, 11) is 0.0358. The summed E-state index contributed by atoms with van der Waals surface area (Å²) >= 11 is 3.30. The molecule has 1 rings (SSSR count). The molecule has 0 aliphatic rings. The Morgan fingerprint density at radius 1 is 1.28 bits per heavy atom. The maximum absolute atomic E-state index is 11.4. The molecule has 0 saturated heterocycles. The van der Waals surface area contributed by atoms with E-state index in [4.69, 9.17) is 0 Å². The largest absolute Gasteiger partial charge is 0.468 e. The summed E-state index contributed by atoms with van der Waals surface area (Å²) in [6.45, 7) is 6.63. The first-order chi connectivity index (χ1) is 8.33. The van der Waals surface area contributed by atoms with Gasteiger partial charge in [0.05, 0.1) is 7.11 Å². The van der Waals surface area contributed by atoms with Crippen LogP contribution in [0.25, 0.3) is 0 Å². The van der Waals surface area contributed by atoms with E-state index >= 15 is 0 Å². The van der Waals surface area contributed by atoms with Crippen LogP contribution in [0.2, 0.25) is 19.6 Å². The molecule has 0 fully saturated rings. The van der Waals surface area contributed by atoms with E-state index in [0.29, 0.717) is 0 Å². The second-order valence-electron chi connectivity index (χ2n) is 5.01. The average Bonchev–Trinajstić information content (AvgIpc) is 2.34. The molecule has 4 heteroatoms. The summed E-state index contributed by atoms with van der Waals surface area (Å²) < 4.78 is 4.68. The highest BCUT2D eigenvalue weighted by Crippen LogP contribution is 2.24. The lowest BCUT2D eigenvalue weighted by Crippen LogP contribution is -2.16. The fraction of sp³-hybridized carbons (Fsp3) is 0.357. The van der Waals surface area contributed by atoms with Crippen molar-refractivity contribution < 1.29 is 9.53 Å². The molecule has 0 amide bonds. The van der Waals surface area contributed by atoms with Gasteiger partial charge in [-0.05, 0) is 17.7 Å². The van der Waals surface area contributed by atoms with Gasteiger partial charge in [0.2, 0.25) is 0 Å². The minimum atomic E-state index is -1.34. The third kappa shape index (κ3) is 4.67. The van der Waals surface area contributed by atoms with Crippen LogP contribution in [0.3, 0.4) is 0 Å². The van der Waals surface area contributed by atoms with Crippen molar-refractivity contribution in [2.24, 2.45) is 0 Å². The highest BCUT2D eigenvalue weighted by molar-refractivity contribution is 9.09. The third-order valence-electron chi connectivity index (χ3n) is 2.19. The number of benzene rings is 1. The summed E-state index contributed by atoms with van der Waals surface area (Å²) in [5.74, 6) is 2.88. The maximum atomic E-state index is 11.4. The Balaban J connectivity index is 2.86. The van der Waals surface area contributed by atoms with Gasteiger partial charge in [-0.15, -0.1) is 5.54 Å². The standard InChI is InChI=1S/C14H17BrO2Si/c1-17-14(16)13(15)12-7-5-11(6-8-12)9-10-18(2,3)4/h5-8,13H,1-4H3. The molecule has 0 aromatic heterocycles. The molecule has 1 aromatic rings. The van der Waals surface area contributed by atoms with E-state index in [1.54, 1.807) is 0 Å². The lowest BCUT2D eigenvalue weighted by atomic mass is 10.1. The Bertz CT molecular complexity index is 477. The van der Waals surface area contributed by atoms with Crippen LogP contribution < -0.4 is 0 Å². The normalized spacial score (nSPS) is 12.3. The number of methoxy groups -OCH3 is 1. The lowest BCUT2D eigenvalue weighted by molar-refractivity contribution is -0.139. The van der Waals surface area contributed by atoms with E-state index in [1.807, 2.05) is 24.3 Å². The smallest absolute Gasteiger partial charge is 0.323 e. The fourth-order valence-electron chi connectivity index (χ4n) is 1.23. The number of hydrogen-bond donors (Lipinski definition) is 0. The monoisotopic (exact) mass is 324 g/mol. The molecule has 0 radical (unpaired) electrons. The van der Waals surface area contributed by atoms with Crippen molar-refractivity contribution in [2.45, 2.75) is 24.5 Å². The number of carbonyl (C=O) groups is 1. The van der Waals surface area contributed by atoms with Crippen LogP contribution in [0, 0.1) is 11.5 Å². The molecular formula is C14H17BrO2Si. The van der Waals surface area contributed by atoms with E-state index in [1.165, 1.54) is 7.11 Å². The summed E-state index contributed by atoms with van der Waals surface area (Å²) in [5, 5.41) is 0. The predicted molar refractivity (Wildman–Crippen MR) is 80.4 cm³/mol. The Hall–Kier alpha value is -1.05. The lowest BCUT2D eigenvalue weighted by Gasteiger charge is -2.07. The van der Waals surface area contributed by atoms with Crippen molar-refractivity contribution in [3.63, 3.8) is 0 Å². The SMILES string of the molecule is COC(=O)C(Br)c1ccc(C#C[Si](C)(C)C)cc1. The van der Waals surface area contributed by atoms with Gasteiger partial charge in [-0.2, -0.15) is 0 Å². The molecule has 0 aliphatic heterocycles. The first kappa shape index (κ1) is 15.0. The van der Waals surface area contributed by atoms with Crippen LogP contribution in [0.1, 0.15) is 16.0 Å². The molecule has 0 N–H and O–H groups in total. The van der Waals surface area contributed by atoms with Gasteiger partial charge >= 0.3 is 5.97 Å². The molecule has 1 unspecified atom stereocenters. The molecule has 0 spiro atoms. The Morgan fingerprint density at radius 3 is 2.28 bits per heavy atom.